The van der Waals surface area contributed by atoms with Crippen LogP contribution in [0.1, 0.15) is 32.0 Å². The molecule has 0 bridgehead atoms. The molecule has 3 aromatic rings. The van der Waals surface area contributed by atoms with Gasteiger partial charge in [-0.05, 0) is 32.9 Å². The fourth-order valence-electron chi connectivity index (χ4n) is 2.91. The Kier molecular flexibility index (Phi) is 4.74. The van der Waals surface area contributed by atoms with Gasteiger partial charge in [0.25, 0.3) is 0 Å². The summed E-state index contributed by atoms with van der Waals surface area (Å²) < 4.78 is 9.06. The average Bonchev–Trinajstić information content (AvgIpc) is 3.15. The van der Waals surface area contributed by atoms with Crippen LogP contribution in [0, 0.1) is 6.92 Å². The Labute approximate surface area is 146 Å². The van der Waals surface area contributed by atoms with Crippen molar-refractivity contribution in [1.82, 2.24) is 19.6 Å². The Balaban J connectivity index is 1.71. The largest absolute Gasteiger partial charge is 0.495 e. The molecule has 0 fully saturated rings. The highest BCUT2D eigenvalue weighted by Crippen LogP contribution is 2.24. The first kappa shape index (κ1) is 17.0. The molecule has 1 aromatic carbocycles. The Hall–Kier alpha value is -2.83. The van der Waals surface area contributed by atoms with Crippen molar-refractivity contribution < 1.29 is 9.53 Å². The second kappa shape index (κ2) is 6.96. The second-order valence-corrected chi connectivity index (χ2v) is 6.22. The lowest BCUT2D eigenvalue weighted by Gasteiger charge is -2.10. The standard InChI is InChI=1S/C18H23N5O2/c1-12(2)23-15-11-19-22(18(15)13(3)21-23)10-9-17(24)20-14-7-5-6-8-16(14)25-4/h5-8,11-12H,9-10H2,1-4H3,(H,20,24). The van der Waals surface area contributed by atoms with E-state index >= 15 is 0 Å². The number of ether oxygens (including phenoxy) is 1. The van der Waals surface area contributed by atoms with Crippen molar-refractivity contribution in [2.24, 2.45) is 0 Å². The van der Waals surface area contributed by atoms with E-state index in [1.54, 1.807) is 7.11 Å². The lowest BCUT2D eigenvalue weighted by Crippen LogP contribution is -2.15. The number of para-hydroxylation sites is 2. The molecule has 132 valence electrons. The van der Waals surface area contributed by atoms with Gasteiger partial charge in [-0.15, -0.1) is 0 Å². The molecule has 0 atom stereocenters. The number of methoxy groups -OCH3 is 1. The molecule has 0 saturated carbocycles. The van der Waals surface area contributed by atoms with Gasteiger partial charge in [0.2, 0.25) is 5.91 Å². The molecular weight excluding hydrogens is 318 g/mol. The average molecular weight is 341 g/mol. The number of anilines is 1. The topological polar surface area (TPSA) is 74.0 Å². The maximum Gasteiger partial charge on any atom is 0.226 e. The first-order valence-electron chi connectivity index (χ1n) is 8.34. The van der Waals surface area contributed by atoms with Crippen LogP contribution in [0.4, 0.5) is 5.69 Å². The first-order chi connectivity index (χ1) is 12.0. The van der Waals surface area contributed by atoms with Gasteiger partial charge < -0.3 is 10.1 Å². The number of rotatable bonds is 6. The summed E-state index contributed by atoms with van der Waals surface area (Å²) in [6.45, 7) is 6.64. The summed E-state index contributed by atoms with van der Waals surface area (Å²) in [4.78, 5) is 12.3. The number of hydrogen-bond acceptors (Lipinski definition) is 4. The number of carbonyl (C=O) groups excluding carboxylic acids is 1. The van der Waals surface area contributed by atoms with Crippen LogP contribution in [-0.2, 0) is 11.3 Å². The van der Waals surface area contributed by atoms with Crippen LogP contribution >= 0.6 is 0 Å². The summed E-state index contributed by atoms with van der Waals surface area (Å²) in [5, 5.41) is 11.9. The molecule has 7 nitrogen and oxygen atoms in total. The van der Waals surface area contributed by atoms with Crippen molar-refractivity contribution in [3.8, 4) is 5.75 Å². The van der Waals surface area contributed by atoms with Crippen molar-refractivity contribution in [2.45, 2.75) is 39.8 Å². The fourth-order valence-corrected chi connectivity index (χ4v) is 2.91. The van der Waals surface area contributed by atoms with Crippen LogP contribution < -0.4 is 10.1 Å². The van der Waals surface area contributed by atoms with E-state index in [4.69, 9.17) is 4.74 Å². The number of benzene rings is 1. The molecule has 2 aromatic heterocycles. The Morgan fingerprint density at radius 1 is 1.32 bits per heavy atom. The lowest BCUT2D eigenvalue weighted by atomic mass is 10.2. The molecule has 0 radical (unpaired) electrons. The molecule has 0 aliphatic heterocycles. The highest BCUT2D eigenvalue weighted by molar-refractivity contribution is 5.92. The maximum absolute atomic E-state index is 12.3. The molecule has 2 heterocycles. The predicted molar refractivity (Wildman–Crippen MR) is 96.9 cm³/mol. The summed E-state index contributed by atoms with van der Waals surface area (Å²) in [5.74, 6) is 0.563. The molecule has 0 spiro atoms. The number of fused-ring (bicyclic) bond motifs is 1. The minimum Gasteiger partial charge on any atom is -0.495 e. The van der Waals surface area contributed by atoms with Gasteiger partial charge >= 0.3 is 0 Å². The molecule has 0 aliphatic carbocycles. The van der Waals surface area contributed by atoms with Gasteiger partial charge in [0.1, 0.15) is 16.8 Å². The normalized spacial score (nSPS) is 11.2. The van der Waals surface area contributed by atoms with Gasteiger partial charge in [0, 0.05) is 12.5 Å². The van der Waals surface area contributed by atoms with Crippen LogP contribution in [0.5, 0.6) is 5.75 Å². The summed E-state index contributed by atoms with van der Waals surface area (Å²) >= 11 is 0. The SMILES string of the molecule is COc1ccccc1NC(=O)CCn1ncc2c1c(C)nn2C(C)C. The van der Waals surface area contributed by atoms with Gasteiger partial charge in [0.05, 0.1) is 31.2 Å². The number of nitrogens with zero attached hydrogens (tertiary/aromatic N) is 4. The van der Waals surface area contributed by atoms with Crippen molar-refractivity contribution >= 4 is 22.6 Å². The van der Waals surface area contributed by atoms with Gasteiger partial charge in [0.15, 0.2) is 0 Å². The zero-order chi connectivity index (χ0) is 18.0. The van der Waals surface area contributed by atoms with E-state index in [2.05, 4.69) is 29.4 Å². The second-order valence-electron chi connectivity index (χ2n) is 6.22. The van der Waals surface area contributed by atoms with Gasteiger partial charge in [-0.25, -0.2) is 0 Å². The number of aryl methyl sites for hydroxylation is 2. The smallest absolute Gasteiger partial charge is 0.226 e. The summed E-state index contributed by atoms with van der Waals surface area (Å²) in [7, 11) is 1.58. The number of hydrogen-bond donors (Lipinski definition) is 1. The van der Waals surface area contributed by atoms with Crippen LogP contribution in [0.25, 0.3) is 11.0 Å². The summed E-state index contributed by atoms with van der Waals surface area (Å²) in [6.07, 6.45) is 2.13. The maximum atomic E-state index is 12.3. The minimum atomic E-state index is -0.0814. The third-order valence-electron chi connectivity index (χ3n) is 4.09. The number of nitrogens with one attached hydrogen (secondary N) is 1. The van der Waals surface area contributed by atoms with E-state index in [0.717, 1.165) is 16.7 Å². The quantitative estimate of drug-likeness (QED) is 0.747. The predicted octanol–water partition coefficient (Wildman–Crippen LogP) is 3.16. The highest BCUT2D eigenvalue weighted by atomic mass is 16.5. The summed E-state index contributed by atoms with van der Waals surface area (Å²) in [5.41, 5.74) is 3.58. The monoisotopic (exact) mass is 341 g/mol. The lowest BCUT2D eigenvalue weighted by molar-refractivity contribution is -0.116. The van der Waals surface area contributed by atoms with Crippen LogP contribution in [0.2, 0.25) is 0 Å². The van der Waals surface area contributed by atoms with Crippen LogP contribution in [0.3, 0.4) is 0 Å². The Bertz CT molecular complexity index is 894. The van der Waals surface area contributed by atoms with Crippen molar-refractivity contribution in [2.75, 3.05) is 12.4 Å². The van der Waals surface area contributed by atoms with Crippen molar-refractivity contribution in [3.63, 3.8) is 0 Å². The van der Waals surface area contributed by atoms with Gasteiger partial charge in [-0.2, -0.15) is 10.2 Å². The van der Waals surface area contributed by atoms with Gasteiger partial charge in [-0.1, -0.05) is 12.1 Å². The van der Waals surface area contributed by atoms with Crippen LogP contribution in [-0.4, -0.2) is 32.6 Å². The van der Waals surface area contributed by atoms with E-state index in [1.165, 1.54) is 0 Å². The zero-order valence-electron chi connectivity index (χ0n) is 15.0. The summed E-state index contributed by atoms with van der Waals surface area (Å²) in [6, 6.07) is 7.63. The van der Waals surface area contributed by atoms with Crippen molar-refractivity contribution in [3.05, 3.63) is 36.2 Å². The van der Waals surface area contributed by atoms with Gasteiger partial charge in [-0.3, -0.25) is 14.2 Å². The van der Waals surface area contributed by atoms with E-state index < -0.39 is 0 Å². The van der Waals surface area contributed by atoms with E-state index in [9.17, 15) is 4.79 Å². The Morgan fingerprint density at radius 2 is 2.08 bits per heavy atom. The van der Waals surface area contributed by atoms with Crippen LogP contribution in [0.15, 0.2) is 30.5 Å². The highest BCUT2D eigenvalue weighted by Gasteiger charge is 2.16. The third kappa shape index (κ3) is 3.35. The van der Waals surface area contributed by atoms with E-state index in [-0.39, 0.29) is 11.9 Å². The van der Waals surface area contributed by atoms with E-state index in [0.29, 0.717) is 24.4 Å². The van der Waals surface area contributed by atoms with Crippen molar-refractivity contribution in [1.29, 1.82) is 0 Å². The third-order valence-corrected chi connectivity index (χ3v) is 4.09. The molecule has 1 amide bonds. The molecule has 7 heteroatoms. The molecule has 25 heavy (non-hydrogen) atoms. The zero-order valence-corrected chi connectivity index (χ0v) is 15.0. The number of amides is 1. The minimum absolute atomic E-state index is 0.0814. The number of carbonyl (C=O) groups is 1. The Morgan fingerprint density at radius 3 is 2.80 bits per heavy atom. The molecule has 0 unspecified atom stereocenters. The fraction of sp³-hybridized carbons (Fsp3) is 0.389. The van der Waals surface area contributed by atoms with E-state index in [1.807, 2.05) is 46.7 Å². The number of aromatic nitrogens is 4. The molecule has 0 saturated heterocycles. The first-order valence-corrected chi connectivity index (χ1v) is 8.34. The molecule has 3 rings (SSSR count). The molecule has 0 aliphatic rings. The molecular formula is C18H23N5O2. The molecule has 1 N–H and O–H groups in total.